The largest absolute Gasteiger partial charge is 0.310 e. The summed E-state index contributed by atoms with van der Waals surface area (Å²) in [7, 11) is 0. The van der Waals surface area contributed by atoms with Crippen molar-refractivity contribution in [2.24, 2.45) is 0 Å². The molecule has 2 aliphatic carbocycles. The van der Waals surface area contributed by atoms with Crippen LogP contribution in [0.25, 0.3) is 11.1 Å². The first-order chi connectivity index (χ1) is 34.7. The molecule has 8 aromatic carbocycles. The van der Waals surface area contributed by atoms with Crippen molar-refractivity contribution in [3.63, 3.8) is 0 Å². The number of anilines is 3. The molecule has 0 saturated carbocycles. The van der Waals surface area contributed by atoms with E-state index in [1.165, 1.54) is 111 Å². The highest BCUT2D eigenvalue weighted by Gasteiger charge is 2.49. The van der Waals surface area contributed by atoms with Gasteiger partial charge in [0.25, 0.3) is 0 Å². The van der Waals surface area contributed by atoms with Crippen LogP contribution in [0.4, 0.5) is 17.1 Å². The predicted octanol–water partition coefficient (Wildman–Crippen LogP) is 16.4. The minimum Gasteiger partial charge on any atom is -0.310 e. The Morgan fingerprint density at radius 3 is 1.68 bits per heavy atom. The summed E-state index contributed by atoms with van der Waals surface area (Å²) in [6.07, 6.45) is 4.27. The smallest absolute Gasteiger partial charge is 0.242 e. The molecule has 2 aliphatic heterocycles. The average Bonchev–Trinajstić information content (AvgIpc) is 3.67. The van der Waals surface area contributed by atoms with E-state index in [-0.39, 0.29) is 45.6 Å². The van der Waals surface area contributed by atoms with Gasteiger partial charge in [-0.25, -0.2) is 0 Å². The molecule has 2 heterocycles. The van der Waals surface area contributed by atoms with Crippen molar-refractivity contribution >= 4 is 40.2 Å². The molecule has 73 heavy (non-hydrogen) atoms. The topological polar surface area (TPSA) is 3.24 Å². The molecule has 1 nitrogen and oxygen atoms in total. The second kappa shape index (κ2) is 16.8. The molecule has 8 aromatic rings. The summed E-state index contributed by atoms with van der Waals surface area (Å²) in [5.41, 5.74) is 28.6. The number of fused-ring (bicyclic) bond motifs is 6. The molecule has 0 spiro atoms. The molecule has 0 amide bonds. The van der Waals surface area contributed by atoms with Crippen LogP contribution >= 0.6 is 0 Å². The summed E-state index contributed by atoms with van der Waals surface area (Å²) in [6, 6.07) is 66.5. The Bertz CT molecular complexity index is 3420. The normalized spacial score (nSPS) is 19.1. The highest BCUT2D eigenvalue weighted by Crippen LogP contribution is 2.54. The Hall–Kier alpha value is -6.38. The number of benzene rings is 8. The van der Waals surface area contributed by atoms with Crippen molar-refractivity contribution < 1.29 is 0 Å². The fourth-order valence-electron chi connectivity index (χ4n) is 15.1. The maximum absolute atomic E-state index is 2.73. The van der Waals surface area contributed by atoms with Crippen molar-refractivity contribution in [3.05, 3.63) is 237 Å². The third-order valence-electron chi connectivity index (χ3n) is 18.2. The van der Waals surface area contributed by atoms with Crippen LogP contribution in [0.15, 0.2) is 170 Å². The zero-order valence-electron chi connectivity index (χ0n) is 45.7. The Labute approximate surface area is 438 Å². The third-order valence-corrected chi connectivity index (χ3v) is 18.2. The lowest BCUT2D eigenvalue weighted by Crippen LogP contribution is -2.62. The van der Waals surface area contributed by atoms with Crippen LogP contribution in [0.3, 0.4) is 0 Å². The minimum atomic E-state index is -0.00715. The standard InChI is InChI=1S/C71H74BN/c1-45-28-29-48(46-22-16-13-17-23-46)36-47(45)30-33-54-55-38-50(67(2,3)4)32-35-63(55)72-64-42-62-61(70(9,10)44-71(62,11)12)41-57(64)65(49-31-34-59-60(37-49)69(7,8)43-68(59,5)6)58-40-53(39-56(54)66(58)72)73(51-24-18-14-19-25-51)52-26-20-15-21-27-52/h13-29,31-32,34-42,54,65H,30,33,43-44H2,1-12H3. The van der Waals surface area contributed by atoms with E-state index in [1.807, 2.05) is 0 Å². The highest BCUT2D eigenvalue weighted by molar-refractivity contribution is 6.97. The van der Waals surface area contributed by atoms with Crippen LogP contribution < -0.4 is 21.3 Å². The van der Waals surface area contributed by atoms with Gasteiger partial charge in [-0.2, -0.15) is 0 Å². The molecular weight excluding hydrogens is 878 g/mol. The lowest BCUT2D eigenvalue weighted by Gasteiger charge is -2.43. The Kier molecular flexibility index (Phi) is 11.0. The van der Waals surface area contributed by atoms with Gasteiger partial charge < -0.3 is 4.90 Å². The lowest BCUT2D eigenvalue weighted by atomic mass is 9.28. The molecule has 4 aliphatic rings. The second-order valence-electron chi connectivity index (χ2n) is 26.3. The summed E-state index contributed by atoms with van der Waals surface area (Å²) >= 11 is 0. The lowest BCUT2D eigenvalue weighted by molar-refractivity contribution is 0.403. The van der Waals surface area contributed by atoms with Gasteiger partial charge in [0.15, 0.2) is 0 Å². The van der Waals surface area contributed by atoms with E-state index < -0.39 is 0 Å². The fraction of sp³-hybridized carbons (Fsp3) is 0.324. The van der Waals surface area contributed by atoms with E-state index in [1.54, 1.807) is 0 Å². The van der Waals surface area contributed by atoms with Gasteiger partial charge >= 0.3 is 0 Å². The number of hydrogen-bond acceptors (Lipinski definition) is 1. The predicted molar refractivity (Wildman–Crippen MR) is 313 cm³/mol. The number of para-hydroxylation sites is 2. The quantitative estimate of drug-likeness (QED) is 0.137. The van der Waals surface area contributed by atoms with Crippen molar-refractivity contribution in [3.8, 4) is 11.1 Å². The van der Waals surface area contributed by atoms with Crippen LogP contribution in [-0.4, -0.2) is 6.71 Å². The molecule has 12 rings (SSSR count). The number of hydrogen-bond donors (Lipinski definition) is 0. The minimum absolute atomic E-state index is 0.00715. The summed E-state index contributed by atoms with van der Waals surface area (Å²) in [6.45, 7) is 29.5. The SMILES string of the molecule is Cc1ccc(-c2ccccc2)cc1CCC1c2cc(C(C)(C)C)ccc2B2c3cc4c(cc3C(c3ccc5c(c3)C(C)(C)CC5(C)C)c3cc(N(c5ccccc5)c5ccccc5)cc1c32)C(C)(C)CC4(C)C. The number of aryl methyl sites for hydroxylation is 2. The molecule has 2 unspecified atom stereocenters. The van der Waals surface area contributed by atoms with Crippen molar-refractivity contribution in [2.45, 2.75) is 148 Å². The fourth-order valence-corrected chi connectivity index (χ4v) is 15.1. The summed E-state index contributed by atoms with van der Waals surface area (Å²) in [4.78, 5) is 2.53. The van der Waals surface area contributed by atoms with Crippen LogP contribution in [0.1, 0.15) is 174 Å². The Morgan fingerprint density at radius 1 is 0.479 bits per heavy atom. The van der Waals surface area contributed by atoms with Gasteiger partial charge in [0, 0.05) is 28.9 Å². The molecule has 366 valence electrons. The van der Waals surface area contributed by atoms with E-state index in [0.717, 1.165) is 25.7 Å². The van der Waals surface area contributed by atoms with E-state index >= 15 is 0 Å². The van der Waals surface area contributed by atoms with Crippen LogP contribution in [0, 0.1) is 6.92 Å². The maximum Gasteiger partial charge on any atom is 0.242 e. The first-order valence-electron chi connectivity index (χ1n) is 27.4. The molecular formula is C71H74BN. The molecule has 0 saturated heterocycles. The molecule has 0 bridgehead atoms. The summed E-state index contributed by atoms with van der Waals surface area (Å²) in [5.74, 6) is 0.214. The Morgan fingerprint density at radius 2 is 1.05 bits per heavy atom. The maximum atomic E-state index is 2.73. The third kappa shape index (κ3) is 7.88. The molecule has 2 atom stereocenters. The van der Waals surface area contributed by atoms with Crippen LogP contribution in [0.5, 0.6) is 0 Å². The van der Waals surface area contributed by atoms with E-state index in [9.17, 15) is 0 Å². The molecule has 0 N–H and O–H groups in total. The molecule has 0 aromatic heterocycles. The molecule has 0 fully saturated rings. The van der Waals surface area contributed by atoms with E-state index in [2.05, 4.69) is 258 Å². The number of rotatable bonds is 8. The summed E-state index contributed by atoms with van der Waals surface area (Å²) in [5, 5.41) is 0. The van der Waals surface area contributed by atoms with Gasteiger partial charge in [0.05, 0.1) is 0 Å². The van der Waals surface area contributed by atoms with Gasteiger partial charge in [-0.05, 0) is 174 Å². The molecule has 2 heteroatoms. The second-order valence-corrected chi connectivity index (χ2v) is 26.3. The van der Waals surface area contributed by atoms with Gasteiger partial charge in [-0.15, -0.1) is 0 Å². The van der Waals surface area contributed by atoms with E-state index in [0.29, 0.717) is 0 Å². The number of nitrogens with zero attached hydrogens (tertiary/aromatic N) is 1. The van der Waals surface area contributed by atoms with Gasteiger partial charge in [0.1, 0.15) is 0 Å². The zero-order chi connectivity index (χ0) is 51.0. The Balaban J connectivity index is 1.17. The van der Waals surface area contributed by atoms with Crippen molar-refractivity contribution in [1.29, 1.82) is 0 Å². The van der Waals surface area contributed by atoms with E-state index in [4.69, 9.17) is 0 Å². The zero-order valence-corrected chi connectivity index (χ0v) is 45.7. The van der Waals surface area contributed by atoms with Gasteiger partial charge in [-0.3, -0.25) is 0 Å². The van der Waals surface area contributed by atoms with Gasteiger partial charge in [-0.1, -0.05) is 226 Å². The molecule has 0 radical (unpaired) electrons. The van der Waals surface area contributed by atoms with Crippen LogP contribution in [0.2, 0.25) is 0 Å². The first-order valence-corrected chi connectivity index (χ1v) is 27.4. The monoisotopic (exact) mass is 952 g/mol. The van der Waals surface area contributed by atoms with Crippen molar-refractivity contribution in [1.82, 2.24) is 0 Å². The average molecular weight is 952 g/mol. The highest BCUT2D eigenvalue weighted by atomic mass is 15.1. The summed E-state index contributed by atoms with van der Waals surface area (Å²) < 4.78 is 0. The van der Waals surface area contributed by atoms with Gasteiger partial charge in [0.2, 0.25) is 6.71 Å². The first kappa shape index (κ1) is 47.6. The van der Waals surface area contributed by atoms with Crippen molar-refractivity contribution in [2.75, 3.05) is 4.90 Å². The van der Waals surface area contributed by atoms with Crippen LogP contribution in [-0.2, 0) is 33.5 Å².